The van der Waals surface area contributed by atoms with E-state index in [9.17, 15) is 0 Å². The third-order valence-corrected chi connectivity index (χ3v) is 3.31. The van der Waals surface area contributed by atoms with Crippen molar-refractivity contribution in [3.63, 3.8) is 0 Å². The Hall–Kier alpha value is -0.900. The zero-order valence-corrected chi connectivity index (χ0v) is 10.2. The van der Waals surface area contributed by atoms with E-state index in [4.69, 9.17) is 0 Å². The average Bonchev–Trinajstić information content (AvgIpc) is 2.60. The number of rotatable bonds is 4. The van der Waals surface area contributed by atoms with Crippen molar-refractivity contribution in [2.45, 2.75) is 58.0 Å². The Morgan fingerprint density at radius 1 is 1.31 bits per heavy atom. The van der Waals surface area contributed by atoms with Crippen LogP contribution in [-0.4, -0.2) is 21.5 Å². The van der Waals surface area contributed by atoms with Crippen molar-refractivity contribution in [2.24, 2.45) is 0 Å². The summed E-state index contributed by atoms with van der Waals surface area (Å²) in [6, 6.07) is 0.588. The maximum absolute atomic E-state index is 4.26. The average molecular weight is 222 g/mol. The van der Waals surface area contributed by atoms with Crippen molar-refractivity contribution in [3.8, 4) is 0 Å². The molecule has 0 radical (unpaired) electrons. The molecule has 90 valence electrons. The van der Waals surface area contributed by atoms with Gasteiger partial charge in [-0.05, 0) is 19.4 Å². The predicted octanol–water partition coefficient (Wildman–Crippen LogP) is 2.28. The van der Waals surface area contributed by atoms with Gasteiger partial charge in [0.25, 0.3) is 0 Å². The van der Waals surface area contributed by atoms with Gasteiger partial charge in [-0.15, -0.1) is 5.10 Å². The van der Waals surface area contributed by atoms with E-state index in [2.05, 4.69) is 33.4 Å². The molecule has 4 nitrogen and oxygen atoms in total. The molecular weight excluding hydrogens is 200 g/mol. The van der Waals surface area contributed by atoms with Gasteiger partial charge in [0.2, 0.25) is 0 Å². The fourth-order valence-corrected chi connectivity index (χ4v) is 2.35. The Kier molecular flexibility index (Phi) is 4.34. The summed E-state index contributed by atoms with van der Waals surface area (Å²) in [6.45, 7) is 3.93. The largest absolute Gasteiger partial charge is 0.311 e. The smallest absolute Gasteiger partial charge is 0.0964 e. The summed E-state index contributed by atoms with van der Waals surface area (Å²) >= 11 is 0. The minimum atomic E-state index is 0.588. The van der Waals surface area contributed by atoms with E-state index in [1.165, 1.54) is 38.5 Å². The standard InChI is InChI=1S/C12H22N4/c1-2-13-9-11-10-16(15-14-11)12-7-5-3-4-6-8-12/h10,12-13H,2-9H2,1H3. The van der Waals surface area contributed by atoms with E-state index in [1.807, 2.05) is 0 Å². The van der Waals surface area contributed by atoms with Gasteiger partial charge < -0.3 is 5.32 Å². The van der Waals surface area contributed by atoms with E-state index in [1.54, 1.807) is 0 Å². The Labute approximate surface area is 97.4 Å². The van der Waals surface area contributed by atoms with Crippen LogP contribution in [0.5, 0.6) is 0 Å². The Morgan fingerprint density at radius 2 is 2.06 bits per heavy atom. The third-order valence-electron chi connectivity index (χ3n) is 3.31. The van der Waals surface area contributed by atoms with Crippen molar-refractivity contribution in [2.75, 3.05) is 6.54 Å². The fraction of sp³-hybridized carbons (Fsp3) is 0.833. The van der Waals surface area contributed by atoms with Crippen molar-refractivity contribution in [1.29, 1.82) is 0 Å². The molecule has 1 heterocycles. The summed E-state index contributed by atoms with van der Waals surface area (Å²) < 4.78 is 2.08. The molecule has 2 rings (SSSR count). The lowest BCUT2D eigenvalue weighted by molar-refractivity contribution is 0.396. The second kappa shape index (κ2) is 5.99. The van der Waals surface area contributed by atoms with Gasteiger partial charge in [0, 0.05) is 6.54 Å². The van der Waals surface area contributed by atoms with Crippen LogP contribution in [0.15, 0.2) is 6.20 Å². The maximum Gasteiger partial charge on any atom is 0.0964 e. The monoisotopic (exact) mass is 222 g/mol. The molecule has 4 heteroatoms. The highest BCUT2D eigenvalue weighted by Gasteiger charge is 2.15. The van der Waals surface area contributed by atoms with Gasteiger partial charge in [0.1, 0.15) is 0 Å². The molecule has 1 aliphatic carbocycles. The highest BCUT2D eigenvalue weighted by Crippen LogP contribution is 2.26. The summed E-state index contributed by atoms with van der Waals surface area (Å²) in [6.07, 6.45) is 10.1. The molecule has 0 aliphatic heterocycles. The molecule has 1 saturated carbocycles. The zero-order valence-electron chi connectivity index (χ0n) is 10.2. The molecule has 0 unspecified atom stereocenters. The van der Waals surface area contributed by atoms with Gasteiger partial charge in [0.15, 0.2) is 0 Å². The van der Waals surface area contributed by atoms with Gasteiger partial charge in [-0.3, -0.25) is 0 Å². The summed E-state index contributed by atoms with van der Waals surface area (Å²) in [4.78, 5) is 0. The van der Waals surface area contributed by atoms with Gasteiger partial charge in [-0.2, -0.15) is 0 Å². The van der Waals surface area contributed by atoms with Crippen LogP contribution in [0, 0.1) is 0 Å². The van der Waals surface area contributed by atoms with Crippen LogP contribution in [0.4, 0.5) is 0 Å². The number of hydrogen-bond donors (Lipinski definition) is 1. The third kappa shape index (κ3) is 3.04. The van der Waals surface area contributed by atoms with Crippen molar-refractivity contribution >= 4 is 0 Å². The summed E-state index contributed by atoms with van der Waals surface area (Å²) in [5.74, 6) is 0. The number of nitrogens with zero attached hydrogens (tertiary/aromatic N) is 3. The Morgan fingerprint density at radius 3 is 2.75 bits per heavy atom. The number of aromatic nitrogens is 3. The highest BCUT2D eigenvalue weighted by molar-refractivity contribution is 4.93. The molecule has 0 saturated heterocycles. The SMILES string of the molecule is CCNCc1cn(C2CCCCCC2)nn1. The first-order valence-corrected chi connectivity index (χ1v) is 6.51. The zero-order chi connectivity index (χ0) is 11.2. The highest BCUT2D eigenvalue weighted by atomic mass is 15.4. The molecule has 1 fully saturated rings. The predicted molar refractivity (Wildman–Crippen MR) is 64.1 cm³/mol. The lowest BCUT2D eigenvalue weighted by Gasteiger charge is -2.12. The van der Waals surface area contributed by atoms with E-state index in [0.717, 1.165) is 18.8 Å². The normalized spacial score (nSPS) is 18.6. The van der Waals surface area contributed by atoms with Gasteiger partial charge in [0.05, 0.1) is 17.9 Å². The summed E-state index contributed by atoms with van der Waals surface area (Å²) in [7, 11) is 0. The molecule has 0 bridgehead atoms. The minimum Gasteiger partial charge on any atom is -0.311 e. The molecule has 0 aromatic carbocycles. The first-order valence-electron chi connectivity index (χ1n) is 6.51. The molecule has 1 N–H and O–H groups in total. The molecule has 0 atom stereocenters. The maximum atomic E-state index is 4.26. The van der Waals surface area contributed by atoms with Crippen LogP contribution in [0.1, 0.15) is 57.2 Å². The Balaban J connectivity index is 1.94. The van der Waals surface area contributed by atoms with Crippen LogP contribution in [0.3, 0.4) is 0 Å². The molecular formula is C12H22N4. The van der Waals surface area contributed by atoms with E-state index >= 15 is 0 Å². The topological polar surface area (TPSA) is 42.7 Å². The quantitative estimate of drug-likeness (QED) is 0.795. The first-order chi connectivity index (χ1) is 7.90. The second-order valence-electron chi connectivity index (χ2n) is 4.62. The molecule has 1 aromatic rings. The fourth-order valence-electron chi connectivity index (χ4n) is 2.35. The first kappa shape index (κ1) is 11.6. The molecule has 0 spiro atoms. The molecule has 16 heavy (non-hydrogen) atoms. The van der Waals surface area contributed by atoms with Gasteiger partial charge in [-0.25, -0.2) is 4.68 Å². The molecule has 1 aliphatic rings. The van der Waals surface area contributed by atoms with Gasteiger partial charge >= 0.3 is 0 Å². The number of nitrogens with one attached hydrogen (secondary N) is 1. The van der Waals surface area contributed by atoms with E-state index < -0.39 is 0 Å². The van der Waals surface area contributed by atoms with Crippen molar-refractivity contribution < 1.29 is 0 Å². The van der Waals surface area contributed by atoms with Gasteiger partial charge in [-0.1, -0.05) is 37.8 Å². The van der Waals surface area contributed by atoms with Crippen LogP contribution in [0.25, 0.3) is 0 Å². The van der Waals surface area contributed by atoms with Crippen LogP contribution in [0.2, 0.25) is 0 Å². The summed E-state index contributed by atoms with van der Waals surface area (Å²) in [5, 5.41) is 11.7. The van der Waals surface area contributed by atoms with Crippen LogP contribution in [-0.2, 0) is 6.54 Å². The van der Waals surface area contributed by atoms with Crippen molar-refractivity contribution in [3.05, 3.63) is 11.9 Å². The molecule has 0 amide bonds. The van der Waals surface area contributed by atoms with Crippen molar-refractivity contribution in [1.82, 2.24) is 20.3 Å². The second-order valence-corrected chi connectivity index (χ2v) is 4.62. The van der Waals surface area contributed by atoms with Crippen LogP contribution < -0.4 is 5.32 Å². The Bertz CT molecular complexity index is 300. The lowest BCUT2D eigenvalue weighted by Crippen LogP contribution is -2.12. The summed E-state index contributed by atoms with van der Waals surface area (Å²) in [5.41, 5.74) is 1.06. The molecule has 1 aromatic heterocycles. The van der Waals surface area contributed by atoms with E-state index in [0.29, 0.717) is 6.04 Å². The van der Waals surface area contributed by atoms with E-state index in [-0.39, 0.29) is 0 Å². The minimum absolute atomic E-state index is 0.588. The lowest BCUT2D eigenvalue weighted by atomic mass is 10.1. The number of hydrogen-bond acceptors (Lipinski definition) is 3. The van der Waals surface area contributed by atoms with Crippen LogP contribution >= 0.6 is 0 Å².